The first kappa shape index (κ1) is 10.8. The first-order chi connectivity index (χ1) is 5.91. The molecule has 1 N–H and O–H groups in total. The lowest BCUT2D eigenvalue weighted by Crippen LogP contribution is -2.46. The highest BCUT2D eigenvalue weighted by Gasteiger charge is 2.62. The van der Waals surface area contributed by atoms with E-state index in [0.29, 0.717) is 12.5 Å². The molecule has 1 aliphatic carbocycles. The Bertz CT molecular complexity index is 172. The lowest BCUT2D eigenvalue weighted by molar-refractivity contribution is -0.166. The first-order valence-corrected chi connectivity index (χ1v) is 4.73. The lowest BCUT2D eigenvalue weighted by Gasteiger charge is -2.22. The van der Waals surface area contributed by atoms with Gasteiger partial charge in [-0.3, -0.25) is 0 Å². The molecule has 1 aliphatic rings. The zero-order chi connectivity index (χ0) is 10.1. The summed E-state index contributed by atoms with van der Waals surface area (Å²) in [5.41, 5.74) is -1.53. The largest absolute Gasteiger partial charge is 0.406 e. The molecule has 0 aliphatic heterocycles. The standard InChI is InChI=1S/C9H16F3N/c1-3-7(2)6-13-8(4-5-8)9(10,11)12/h7,13H,3-6H2,1-2H3. The van der Waals surface area contributed by atoms with Gasteiger partial charge in [-0.05, 0) is 25.3 Å². The maximum atomic E-state index is 12.4. The summed E-state index contributed by atoms with van der Waals surface area (Å²) in [7, 11) is 0. The van der Waals surface area contributed by atoms with E-state index in [1.54, 1.807) is 0 Å². The average molecular weight is 195 g/mol. The van der Waals surface area contributed by atoms with E-state index in [4.69, 9.17) is 0 Å². The third-order valence-electron chi connectivity index (χ3n) is 2.78. The molecule has 4 heteroatoms. The van der Waals surface area contributed by atoms with Crippen LogP contribution in [-0.2, 0) is 0 Å². The number of alkyl halides is 3. The molecule has 0 aromatic heterocycles. The van der Waals surface area contributed by atoms with E-state index in [-0.39, 0.29) is 12.8 Å². The van der Waals surface area contributed by atoms with Crippen molar-refractivity contribution in [3.8, 4) is 0 Å². The molecule has 0 aromatic rings. The molecule has 1 saturated carbocycles. The molecule has 1 rings (SSSR count). The number of halogens is 3. The molecule has 0 spiro atoms. The second-order valence-corrected chi connectivity index (χ2v) is 3.97. The summed E-state index contributed by atoms with van der Waals surface area (Å²) in [6.07, 6.45) is -2.67. The van der Waals surface area contributed by atoms with Crippen LogP contribution in [0.4, 0.5) is 13.2 Å². The topological polar surface area (TPSA) is 12.0 Å². The lowest BCUT2D eigenvalue weighted by atomic mass is 10.1. The zero-order valence-electron chi connectivity index (χ0n) is 8.04. The van der Waals surface area contributed by atoms with Gasteiger partial charge in [0.25, 0.3) is 0 Å². The van der Waals surface area contributed by atoms with Crippen molar-refractivity contribution in [2.75, 3.05) is 6.54 Å². The van der Waals surface area contributed by atoms with Gasteiger partial charge in [0.15, 0.2) is 0 Å². The van der Waals surface area contributed by atoms with E-state index >= 15 is 0 Å². The summed E-state index contributed by atoms with van der Waals surface area (Å²) in [5.74, 6) is 0.319. The summed E-state index contributed by atoms with van der Waals surface area (Å²) < 4.78 is 37.2. The van der Waals surface area contributed by atoms with Crippen LogP contribution in [0.3, 0.4) is 0 Å². The molecule has 78 valence electrons. The molecule has 0 amide bonds. The molecule has 1 fully saturated rings. The van der Waals surface area contributed by atoms with Gasteiger partial charge in [0.1, 0.15) is 5.54 Å². The van der Waals surface area contributed by atoms with Crippen LogP contribution in [0.25, 0.3) is 0 Å². The quantitative estimate of drug-likeness (QED) is 0.727. The van der Waals surface area contributed by atoms with Crippen molar-refractivity contribution < 1.29 is 13.2 Å². The Balaban J connectivity index is 2.36. The normalized spacial score (nSPS) is 22.8. The van der Waals surface area contributed by atoms with Crippen LogP contribution < -0.4 is 5.32 Å². The Labute approximate surface area is 76.7 Å². The highest BCUT2D eigenvalue weighted by molar-refractivity contribution is 5.07. The Morgan fingerprint density at radius 1 is 1.38 bits per heavy atom. The predicted molar refractivity (Wildman–Crippen MR) is 45.5 cm³/mol. The summed E-state index contributed by atoms with van der Waals surface area (Å²) >= 11 is 0. The highest BCUT2D eigenvalue weighted by atomic mass is 19.4. The SMILES string of the molecule is CCC(C)CNC1(C(F)(F)F)CC1. The highest BCUT2D eigenvalue weighted by Crippen LogP contribution is 2.48. The van der Waals surface area contributed by atoms with E-state index in [2.05, 4.69) is 5.32 Å². The smallest absolute Gasteiger partial charge is 0.303 e. The number of hydrogen-bond donors (Lipinski definition) is 1. The molecule has 0 radical (unpaired) electrons. The van der Waals surface area contributed by atoms with E-state index in [1.165, 1.54) is 0 Å². The fraction of sp³-hybridized carbons (Fsp3) is 1.00. The number of rotatable bonds is 4. The molecule has 0 heterocycles. The fourth-order valence-corrected chi connectivity index (χ4v) is 1.20. The molecule has 13 heavy (non-hydrogen) atoms. The van der Waals surface area contributed by atoms with Crippen molar-refractivity contribution in [2.45, 2.75) is 44.8 Å². The molecule has 1 unspecified atom stereocenters. The third kappa shape index (κ3) is 2.36. The second-order valence-electron chi connectivity index (χ2n) is 3.97. The Kier molecular flexibility index (Phi) is 2.90. The minimum Gasteiger partial charge on any atom is -0.303 e. The molecule has 0 aromatic carbocycles. The molecular formula is C9H16F3N. The summed E-state index contributed by atoms with van der Waals surface area (Å²) in [4.78, 5) is 0. The zero-order valence-corrected chi connectivity index (χ0v) is 8.04. The minimum atomic E-state index is -4.07. The van der Waals surface area contributed by atoms with Crippen molar-refractivity contribution in [1.82, 2.24) is 5.32 Å². The van der Waals surface area contributed by atoms with Crippen LogP contribution in [0.1, 0.15) is 33.1 Å². The van der Waals surface area contributed by atoms with Crippen LogP contribution >= 0.6 is 0 Å². The first-order valence-electron chi connectivity index (χ1n) is 4.73. The van der Waals surface area contributed by atoms with Crippen molar-refractivity contribution in [3.05, 3.63) is 0 Å². The van der Waals surface area contributed by atoms with Gasteiger partial charge in [-0.25, -0.2) is 0 Å². The van der Waals surface area contributed by atoms with E-state index in [1.807, 2.05) is 13.8 Å². The maximum Gasteiger partial charge on any atom is 0.406 e. The number of nitrogens with one attached hydrogen (secondary N) is 1. The van der Waals surface area contributed by atoms with Crippen LogP contribution in [0, 0.1) is 5.92 Å². The van der Waals surface area contributed by atoms with Crippen molar-refractivity contribution in [1.29, 1.82) is 0 Å². The van der Waals surface area contributed by atoms with E-state index in [0.717, 1.165) is 6.42 Å². The van der Waals surface area contributed by atoms with Gasteiger partial charge in [0.2, 0.25) is 0 Å². The van der Waals surface area contributed by atoms with Crippen LogP contribution in [0.15, 0.2) is 0 Å². The van der Waals surface area contributed by atoms with Crippen LogP contribution in [0.5, 0.6) is 0 Å². The van der Waals surface area contributed by atoms with Crippen LogP contribution in [0.2, 0.25) is 0 Å². The van der Waals surface area contributed by atoms with Crippen molar-refractivity contribution in [2.24, 2.45) is 5.92 Å². The predicted octanol–water partition coefficient (Wildman–Crippen LogP) is 2.72. The van der Waals surface area contributed by atoms with Gasteiger partial charge in [-0.15, -0.1) is 0 Å². The molecule has 1 atom stereocenters. The van der Waals surface area contributed by atoms with Crippen LogP contribution in [-0.4, -0.2) is 18.3 Å². The Morgan fingerprint density at radius 3 is 2.23 bits per heavy atom. The Morgan fingerprint density at radius 2 is 1.92 bits per heavy atom. The molecular weight excluding hydrogens is 179 g/mol. The van der Waals surface area contributed by atoms with Gasteiger partial charge < -0.3 is 5.32 Å². The third-order valence-corrected chi connectivity index (χ3v) is 2.78. The average Bonchev–Trinajstić information content (AvgIpc) is 2.79. The molecule has 1 nitrogen and oxygen atoms in total. The monoisotopic (exact) mass is 195 g/mol. The minimum absolute atomic E-state index is 0.243. The van der Waals surface area contributed by atoms with Gasteiger partial charge in [0.05, 0.1) is 0 Å². The summed E-state index contributed by atoms with van der Waals surface area (Å²) in [5, 5.41) is 2.64. The van der Waals surface area contributed by atoms with Gasteiger partial charge in [-0.2, -0.15) is 13.2 Å². The van der Waals surface area contributed by atoms with E-state index in [9.17, 15) is 13.2 Å². The summed E-state index contributed by atoms with van der Waals surface area (Å²) in [6, 6.07) is 0. The summed E-state index contributed by atoms with van der Waals surface area (Å²) in [6.45, 7) is 4.41. The van der Waals surface area contributed by atoms with Gasteiger partial charge in [0, 0.05) is 0 Å². The Hall–Kier alpha value is -0.250. The van der Waals surface area contributed by atoms with Crippen molar-refractivity contribution >= 4 is 0 Å². The molecule has 0 bridgehead atoms. The fourth-order valence-electron chi connectivity index (χ4n) is 1.20. The van der Waals surface area contributed by atoms with E-state index < -0.39 is 11.7 Å². The molecule has 0 saturated heterocycles. The van der Waals surface area contributed by atoms with Crippen molar-refractivity contribution in [3.63, 3.8) is 0 Å². The van der Waals surface area contributed by atoms with Gasteiger partial charge in [-0.1, -0.05) is 20.3 Å². The van der Waals surface area contributed by atoms with Gasteiger partial charge >= 0.3 is 6.18 Å². The second kappa shape index (κ2) is 3.48. The maximum absolute atomic E-state index is 12.4. The number of hydrogen-bond acceptors (Lipinski definition) is 1.